The number of hydrogen-bond acceptors (Lipinski definition) is 11. The van der Waals surface area contributed by atoms with E-state index in [2.05, 4.69) is 29.9 Å². The molecule has 8 aromatic rings. The topological polar surface area (TPSA) is 205 Å². The zero-order chi connectivity index (χ0) is 38.9. The summed E-state index contributed by atoms with van der Waals surface area (Å²) in [6.07, 6.45) is 6.06. The van der Waals surface area contributed by atoms with E-state index in [4.69, 9.17) is 21.9 Å². The number of hydrogen-bond donors (Lipinski definition) is 3. The fourth-order valence-corrected chi connectivity index (χ4v) is 6.11. The van der Waals surface area contributed by atoms with E-state index in [1.807, 2.05) is 127 Å². The number of nitrogens with two attached hydrogens (primary N) is 3. The first-order valence-electron chi connectivity index (χ1n) is 17.8. The van der Waals surface area contributed by atoms with Crippen LogP contribution in [0.3, 0.4) is 0 Å². The summed E-state index contributed by atoms with van der Waals surface area (Å²) in [4.78, 5) is 38.1. The van der Waals surface area contributed by atoms with Gasteiger partial charge in [0.2, 0.25) is 0 Å². The van der Waals surface area contributed by atoms with E-state index in [1.54, 1.807) is 12.4 Å². The second kappa shape index (κ2) is 17.0. The van der Waals surface area contributed by atoms with E-state index in [0.29, 0.717) is 22.8 Å². The Bertz CT molecular complexity index is 2690. The number of anilines is 2. The number of nitriles is 1. The minimum atomic E-state index is -0.710. The van der Waals surface area contributed by atoms with Gasteiger partial charge in [-0.2, -0.15) is 5.26 Å². The molecular weight excluding hydrogens is 701 g/mol. The van der Waals surface area contributed by atoms with E-state index in [1.165, 1.54) is 12.8 Å². The molecule has 0 saturated carbocycles. The molecule has 4 aromatic carbocycles. The van der Waals surface area contributed by atoms with Gasteiger partial charge in [0.25, 0.3) is 5.91 Å². The van der Waals surface area contributed by atoms with Gasteiger partial charge in [0.15, 0.2) is 23.0 Å². The molecule has 0 spiro atoms. The Balaban J connectivity index is 0.000000153. The van der Waals surface area contributed by atoms with Gasteiger partial charge in [-0.15, -0.1) is 0 Å². The largest absolute Gasteiger partial charge is 0.382 e. The number of carbonyl (C=O) groups excluding carboxylic acids is 1. The second-order valence-corrected chi connectivity index (χ2v) is 12.7. The Labute approximate surface area is 322 Å². The molecule has 5 heterocycles. The van der Waals surface area contributed by atoms with Gasteiger partial charge in [-0.3, -0.25) is 14.8 Å². The third-order valence-corrected chi connectivity index (χ3v) is 8.86. The molecule has 0 aliphatic carbocycles. The zero-order valence-electron chi connectivity index (χ0n) is 30.2. The molecule has 0 unspecified atom stereocenters. The monoisotopic (exact) mass is 736 g/mol. The average Bonchev–Trinajstić information content (AvgIpc) is 3.85. The third-order valence-electron chi connectivity index (χ3n) is 8.86. The van der Waals surface area contributed by atoms with Gasteiger partial charge >= 0.3 is 0 Å². The van der Waals surface area contributed by atoms with Crippen LogP contribution in [0.15, 0.2) is 134 Å². The lowest BCUT2D eigenvalue weighted by Crippen LogP contribution is -2.17. The number of amides is 1. The standard InChI is InChI=1S/C20H15N5O.C20H13N5.C4H8O/c21-19-18(20(22)26)24-17(16(25-19)12-5-2-1-3-6-12)14-8-9-15-13(11-14)7-4-10-23-15;21-12-17-20(22)25-18(13-5-2-1-3-6-13)19(24-17)15-8-9-16-14(11-15)7-4-10-23-16;1-2-4-5-3-1/h1-11H,(H2,21,25)(H2,22,26);1-11H,(H2,22,25);1-4H2. The molecule has 6 N–H and O–H groups in total. The van der Waals surface area contributed by atoms with E-state index < -0.39 is 5.91 Å². The summed E-state index contributed by atoms with van der Waals surface area (Å²) in [6, 6.07) is 40.6. The summed E-state index contributed by atoms with van der Waals surface area (Å²) in [5, 5.41) is 11.2. The molecule has 56 heavy (non-hydrogen) atoms. The highest BCUT2D eigenvalue weighted by molar-refractivity contribution is 5.97. The van der Waals surface area contributed by atoms with Gasteiger partial charge in [0, 0.05) is 58.6 Å². The summed E-state index contributed by atoms with van der Waals surface area (Å²) in [5.41, 5.74) is 24.9. The maximum absolute atomic E-state index is 11.7. The maximum Gasteiger partial charge on any atom is 0.271 e. The normalized spacial score (nSPS) is 11.8. The third kappa shape index (κ3) is 8.28. The summed E-state index contributed by atoms with van der Waals surface area (Å²) in [7, 11) is 0. The Morgan fingerprint density at radius 1 is 0.571 bits per heavy atom. The van der Waals surface area contributed by atoms with Crippen LogP contribution < -0.4 is 17.2 Å². The zero-order valence-corrected chi connectivity index (χ0v) is 30.2. The lowest BCUT2D eigenvalue weighted by Gasteiger charge is -2.12. The number of aromatic nitrogens is 6. The summed E-state index contributed by atoms with van der Waals surface area (Å²) in [6.45, 7) is 2.00. The van der Waals surface area contributed by atoms with Crippen LogP contribution >= 0.6 is 0 Å². The van der Waals surface area contributed by atoms with Crippen molar-refractivity contribution in [2.45, 2.75) is 12.8 Å². The van der Waals surface area contributed by atoms with Crippen molar-refractivity contribution in [3.8, 4) is 51.1 Å². The molecule has 1 saturated heterocycles. The van der Waals surface area contributed by atoms with Gasteiger partial charge in [-0.05, 0) is 49.2 Å². The van der Waals surface area contributed by atoms with Gasteiger partial charge in [0.05, 0.1) is 33.8 Å². The SMILES string of the molecule is C1CCOC1.N#Cc1nc(-c2ccc3ncccc3c2)c(-c2ccccc2)nc1N.NC(=O)c1nc(-c2ccc3ncccc3c2)c(-c2ccccc2)nc1N. The molecule has 0 bridgehead atoms. The average molecular weight is 737 g/mol. The molecule has 1 aliphatic rings. The Kier molecular flexibility index (Phi) is 11.2. The second-order valence-electron chi connectivity index (χ2n) is 12.7. The van der Waals surface area contributed by atoms with Crippen molar-refractivity contribution in [3.05, 3.63) is 145 Å². The predicted octanol–water partition coefficient (Wildman–Crippen LogP) is 7.65. The summed E-state index contributed by atoms with van der Waals surface area (Å²) in [5.74, 6) is -0.562. The lowest BCUT2D eigenvalue weighted by molar-refractivity contribution is 0.0996. The Hall–Kier alpha value is -7.62. The van der Waals surface area contributed by atoms with Crippen LogP contribution in [0, 0.1) is 11.3 Å². The summed E-state index contributed by atoms with van der Waals surface area (Å²) < 4.78 is 4.94. The molecule has 0 radical (unpaired) electrons. The fraction of sp³-hybridized carbons (Fsp3) is 0.0909. The Morgan fingerprint density at radius 2 is 1.05 bits per heavy atom. The van der Waals surface area contributed by atoms with Crippen LogP contribution in [-0.4, -0.2) is 49.0 Å². The summed E-state index contributed by atoms with van der Waals surface area (Å²) >= 11 is 0. The first-order chi connectivity index (χ1) is 27.4. The molecule has 1 aliphatic heterocycles. The van der Waals surface area contributed by atoms with Crippen LogP contribution in [0.5, 0.6) is 0 Å². The van der Waals surface area contributed by atoms with Crippen molar-refractivity contribution in [2.24, 2.45) is 5.73 Å². The lowest BCUT2D eigenvalue weighted by atomic mass is 10.0. The van der Waals surface area contributed by atoms with E-state index in [9.17, 15) is 10.1 Å². The van der Waals surface area contributed by atoms with Gasteiger partial charge in [-0.25, -0.2) is 19.9 Å². The number of pyridine rings is 2. The van der Waals surface area contributed by atoms with Crippen molar-refractivity contribution in [1.29, 1.82) is 5.26 Å². The van der Waals surface area contributed by atoms with Crippen LogP contribution in [0.2, 0.25) is 0 Å². The molecule has 274 valence electrons. The number of fused-ring (bicyclic) bond motifs is 2. The van der Waals surface area contributed by atoms with Crippen LogP contribution in [0.1, 0.15) is 29.0 Å². The molecule has 0 atom stereocenters. The van der Waals surface area contributed by atoms with Crippen LogP contribution in [-0.2, 0) is 4.74 Å². The fourth-order valence-electron chi connectivity index (χ4n) is 6.11. The molecule has 12 heteroatoms. The number of benzene rings is 4. The van der Waals surface area contributed by atoms with Crippen LogP contribution in [0.25, 0.3) is 66.8 Å². The van der Waals surface area contributed by atoms with Crippen molar-refractivity contribution in [1.82, 2.24) is 29.9 Å². The van der Waals surface area contributed by atoms with Gasteiger partial charge in [-0.1, -0.05) is 84.9 Å². The molecule has 1 fully saturated rings. The van der Waals surface area contributed by atoms with Crippen molar-refractivity contribution in [2.75, 3.05) is 24.7 Å². The van der Waals surface area contributed by atoms with Crippen LogP contribution in [0.4, 0.5) is 11.6 Å². The first kappa shape index (κ1) is 36.7. The number of carbonyl (C=O) groups is 1. The number of nitrogens with zero attached hydrogens (tertiary/aromatic N) is 7. The quantitative estimate of drug-likeness (QED) is 0.156. The number of ether oxygens (including phenoxy) is 1. The number of nitrogen functional groups attached to an aromatic ring is 2. The minimum Gasteiger partial charge on any atom is -0.382 e. The smallest absolute Gasteiger partial charge is 0.271 e. The van der Waals surface area contributed by atoms with Crippen molar-refractivity contribution < 1.29 is 9.53 Å². The van der Waals surface area contributed by atoms with E-state index in [-0.39, 0.29) is 23.0 Å². The maximum atomic E-state index is 11.7. The van der Waals surface area contributed by atoms with Gasteiger partial charge < -0.3 is 21.9 Å². The highest BCUT2D eigenvalue weighted by Crippen LogP contribution is 2.33. The minimum absolute atomic E-state index is 0.0163. The van der Waals surface area contributed by atoms with Gasteiger partial charge in [0.1, 0.15) is 6.07 Å². The molecule has 9 rings (SSSR count). The highest BCUT2D eigenvalue weighted by atomic mass is 16.5. The molecule has 4 aromatic heterocycles. The van der Waals surface area contributed by atoms with E-state index in [0.717, 1.165) is 57.3 Å². The van der Waals surface area contributed by atoms with Crippen molar-refractivity contribution in [3.63, 3.8) is 0 Å². The number of rotatable bonds is 5. The predicted molar refractivity (Wildman–Crippen MR) is 219 cm³/mol. The molecule has 12 nitrogen and oxygen atoms in total. The first-order valence-corrected chi connectivity index (χ1v) is 17.8. The highest BCUT2D eigenvalue weighted by Gasteiger charge is 2.19. The Morgan fingerprint density at radius 3 is 1.52 bits per heavy atom. The number of primary amides is 1. The molecule has 1 amide bonds. The molecular formula is C44H36N10O2. The van der Waals surface area contributed by atoms with E-state index >= 15 is 0 Å². The van der Waals surface area contributed by atoms with Crippen molar-refractivity contribution >= 4 is 39.3 Å².